The molecule has 0 heterocycles. The smallest absolute Gasteiger partial charge is 0.242 e. The van der Waals surface area contributed by atoms with Gasteiger partial charge in [0.1, 0.15) is 6.54 Å². The molecule has 0 unspecified atom stereocenters. The van der Waals surface area contributed by atoms with Crippen LogP contribution in [0.5, 0.6) is 0 Å². The summed E-state index contributed by atoms with van der Waals surface area (Å²) in [6.07, 6.45) is 0.986. The Labute approximate surface area is 143 Å². The predicted molar refractivity (Wildman–Crippen MR) is 92.8 cm³/mol. The molecule has 1 amide bonds. The largest absolute Gasteiger partial charge is 0.352 e. The van der Waals surface area contributed by atoms with E-state index in [2.05, 4.69) is 5.32 Å². The van der Waals surface area contributed by atoms with Crippen molar-refractivity contribution in [2.75, 3.05) is 31.2 Å². The molecule has 1 aromatic rings. The molecular weight excluding hydrogens is 354 g/mol. The highest BCUT2D eigenvalue weighted by molar-refractivity contribution is 7.92. The molecule has 0 bridgehead atoms. The second-order valence-corrected chi connectivity index (χ2v) is 9.83. The number of hydrogen-bond acceptors (Lipinski definition) is 5. The van der Waals surface area contributed by atoms with Crippen molar-refractivity contribution in [2.24, 2.45) is 0 Å². The molecule has 1 rings (SSSR count). The minimum atomic E-state index is -3.70. The summed E-state index contributed by atoms with van der Waals surface area (Å²) >= 11 is 0. The van der Waals surface area contributed by atoms with Crippen molar-refractivity contribution in [1.82, 2.24) is 9.62 Å². The van der Waals surface area contributed by atoms with Crippen LogP contribution in [-0.2, 0) is 24.8 Å². The summed E-state index contributed by atoms with van der Waals surface area (Å²) < 4.78 is 50.0. The molecule has 10 heteroatoms. The Balaban J connectivity index is 3.16. The van der Waals surface area contributed by atoms with Gasteiger partial charge in [0.25, 0.3) is 0 Å². The Kier molecular flexibility index (Phi) is 6.37. The van der Waals surface area contributed by atoms with Crippen LogP contribution in [0.25, 0.3) is 0 Å². The number of nitrogens with one attached hydrogen (secondary N) is 1. The maximum Gasteiger partial charge on any atom is 0.242 e. The average molecular weight is 377 g/mol. The zero-order valence-electron chi connectivity index (χ0n) is 14.3. The summed E-state index contributed by atoms with van der Waals surface area (Å²) in [7, 11) is -4.50. The Morgan fingerprint density at radius 3 is 1.96 bits per heavy atom. The van der Waals surface area contributed by atoms with Gasteiger partial charge in [0.15, 0.2) is 0 Å². The second-order valence-electron chi connectivity index (χ2n) is 5.77. The van der Waals surface area contributed by atoms with Crippen molar-refractivity contribution in [2.45, 2.75) is 24.8 Å². The molecule has 8 nitrogen and oxygen atoms in total. The van der Waals surface area contributed by atoms with Gasteiger partial charge in [-0.25, -0.2) is 21.1 Å². The van der Waals surface area contributed by atoms with Crippen LogP contribution in [-0.4, -0.2) is 60.0 Å². The molecule has 0 saturated heterocycles. The molecule has 0 aromatic heterocycles. The molecule has 0 saturated carbocycles. The number of benzene rings is 1. The number of anilines is 1. The summed E-state index contributed by atoms with van der Waals surface area (Å²) in [5, 5.41) is 2.62. The molecule has 0 aliphatic rings. The summed E-state index contributed by atoms with van der Waals surface area (Å²) in [4.78, 5) is 11.9. The summed E-state index contributed by atoms with van der Waals surface area (Å²) in [6, 6.07) is 5.22. The Bertz CT molecular complexity index is 784. The van der Waals surface area contributed by atoms with E-state index in [-0.39, 0.29) is 23.2 Å². The van der Waals surface area contributed by atoms with E-state index in [1.165, 1.54) is 38.4 Å². The quantitative estimate of drug-likeness (QED) is 0.732. The van der Waals surface area contributed by atoms with Crippen molar-refractivity contribution in [3.05, 3.63) is 24.3 Å². The minimum absolute atomic E-state index is 0.0383. The van der Waals surface area contributed by atoms with E-state index in [0.29, 0.717) is 0 Å². The fourth-order valence-electron chi connectivity index (χ4n) is 1.89. The van der Waals surface area contributed by atoms with Gasteiger partial charge in [-0.05, 0) is 38.1 Å². The SMILES string of the molecule is CC(C)NC(=O)CN(c1ccc(S(=O)(=O)N(C)C)cc1)S(C)(=O)=O. The molecule has 0 radical (unpaired) electrons. The molecule has 1 N–H and O–H groups in total. The third-order valence-electron chi connectivity index (χ3n) is 3.04. The average Bonchev–Trinajstić information content (AvgIpc) is 2.42. The number of hydrogen-bond donors (Lipinski definition) is 1. The second kappa shape index (κ2) is 7.49. The van der Waals surface area contributed by atoms with Gasteiger partial charge in [-0.1, -0.05) is 0 Å². The predicted octanol–water partition coefficient (Wildman–Crippen LogP) is 0.228. The van der Waals surface area contributed by atoms with Crippen LogP contribution in [0.2, 0.25) is 0 Å². The number of rotatable bonds is 7. The lowest BCUT2D eigenvalue weighted by Crippen LogP contribution is -2.42. The lowest BCUT2D eigenvalue weighted by molar-refractivity contribution is -0.120. The van der Waals surface area contributed by atoms with Crippen molar-refractivity contribution in [1.29, 1.82) is 0 Å². The van der Waals surface area contributed by atoms with E-state index < -0.39 is 26.0 Å². The number of sulfonamides is 2. The molecule has 0 fully saturated rings. The van der Waals surface area contributed by atoms with Gasteiger partial charge < -0.3 is 5.32 Å². The van der Waals surface area contributed by atoms with Crippen LogP contribution in [0, 0.1) is 0 Å². The highest BCUT2D eigenvalue weighted by atomic mass is 32.2. The molecule has 136 valence electrons. The van der Waals surface area contributed by atoms with Crippen molar-refractivity contribution >= 4 is 31.6 Å². The first-order valence-corrected chi connectivity index (χ1v) is 10.4. The van der Waals surface area contributed by atoms with Crippen molar-refractivity contribution in [3.8, 4) is 0 Å². The van der Waals surface area contributed by atoms with E-state index in [1.54, 1.807) is 13.8 Å². The minimum Gasteiger partial charge on any atom is -0.352 e. The fourth-order valence-corrected chi connectivity index (χ4v) is 3.65. The number of carbonyl (C=O) groups is 1. The van der Waals surface area contributed by atoms with Crippen LogP contribution in [0.3, 0.4) is 0 Å². The van der Waals surface area contributed by atoms with Crippen LogP contribution < -0.4 is 9.62 Å². The van der Waals surface area contributed by atoms with Gasteiger partial charge in [0.05, 0.1) is 16.8 Å². The molecule has 24 heavy (non-hydrogen) atoms. The lowest BCUT2D eigenvalue weighted by atomic mass is 10.3. The third kappa shape index (κ3) is 5.18. The first-order chi connectivity index (χ1) is 10.9. The topological polar surface area (TPSA) is 104 Å². The van der Waals surface area contributed by atoms with Gasteiger partial charge in [-0.3, -0.25) is 9.10 Å². The lowest BCUT2D eigenvalue weighted by Gasteiger charge is -2.23. The molecule has 0 spiro atoms. The van der Waals surface area contributed by atoms with Crippen LogP contribution in [0.1, 0.15) is 13.8 Å². The van der Waals surface area contributed by atoms with Gasteiger partial charge in [-0.15, -0.1) is 0 Å². The summed E-state index contributed by atoms with van der Waals surface area (Å²) in [5.41, 5.74) is 0.217. The van der Waals surface area contributed by atoms with Crippen LogP contribution in [0.4, 0.5) is 5.69 Å². The number of carbonyl (C=O) groups excluding carboxylic acids is 1. The Morgan fingerprint density at radius 2 is 1.58 bits per heavy atom. The zero-order chi connectivity index (χ0) is 18.7. The summed E-state index contributed by atoms with van der Waals surface area (Å²) in [6.45, 7) is 3.16. The first-order valence-electron chi connectivity index (χ1n) is 7.15. The highest BCUT2D eigenvalue weighted by Gasteiger charge is 2.23. The standard InChI is InChI=1S/C14H23N3O5S2/c1-11(2)15-14(18)10-17(23(5,19)20)12-6-8-13(9-7-12)24(21,22)16(3)4/h6-9,11H,10H2,1-5H3,(H,15,18). The van der Waals surface area contributed by atoms with E-state index >= 15 is 0 Å². The Hall–Kier alpha value is -1.65. The van der Waals surface area contributed by atoms with Gasteiger partial charge in [0, 0.05) is 20.1 Å². The number of amides is 1. The van der Waals surface area contributed by atoms with Crippen LogP contribution >= 0.6 is 0 Å². The molecule has 1 aromatic carbocycles. The molecule has 0 aliphatic heterocycles. The van der Waals surface area contributed by atoms with Gasteiger partial charge in [-0.2, -0.15) is 0 Å². The zero-order valence-corrected chi connectivity index (χ0v) is 16.0. The van der Waals surface area contributed by atoms with Crippen LogP contribution in [0.15, 0.2) is 29.2 Å². The van der Waals surface area contributed by atoms with Gasteiger partial charge in [0.2, 0.25) is 26.0 Å². The number of nitrogens with zero attached hydrogens (tertiary/aromatic N) is 2. The molecule has 0 aliphatic carbocycles. The first kappa shape index (κ1) is 20.4. The van der Waals surface area contributed by atoms with E-state index in [4.69, 9.17) is 0 Å². The van der Waals surface area contributed by atoms with E-state index in [9.17, 15) is 21.6 Å². The third-order valence-corrected chi connectivity index (χ3v) is 6.01. The van der Waals surface area contributed by atoms with Crippen molar-refractivity contribution in [3.63, 3.8) is 0 Å². The normalized spacial score (nSPS) is 12.5. The molecular formula is C14H23N3O5S2. The Morgan fingerprint density at radius 1 is 1.08 bits per heavy atom. The van der Waals surface area contributed by atoms with Gasteiger partial charge >= 0.3 is 0 Å². The fraction of sp³-hybridized carbons (Fsp3) is 0.500. The maximum absolute atomic E-state index is 12.0. The summed E-state index contributed by atoms with van der Waals surface area (Å²) in [5.74, 6) is -0.444. The highest BCUT2D eigenvalue weighted by Crippen LogP contribution is 2.21. The maximum atomic E-state index is 12.0. The monoisotopic (exact) mass is 377 g/mol. The van der Waals surface area contributed by atoms with E-state index in [0.717, 1.165) is 14.9 Å². The van der Waals surface area contributed by atoms with E-state index in [1.807, 2.05) is 0 Å². The molecule has 0 atom stereocenters. The van der Waals surface area contributed by atoms with Crippen molar-refractivity contribution < 1.29 is 21.6 Å².